The molecule has 0 aliphatic heterocycles. The number of amides is 2. The summed E-state index contributed by atoms with van der Waals surface area (Å²) < 4.78 is 10.5. The van der Waals surface area contributed by atoms with Crippen molar-refractivity contribution in [1.29, 1.82) is 0 Å². The summed E-state index contributed by atoms with van der Waals surface area (Å²) in [4.78, 5) is 23.4. The van der Waals surface area contributed by atoms with Crippen molar-refractivity contribution in [1.82, 2.24) is 10.6 Å². The lowest BCUT2D eigenvalue weighted by Gasteiger charge is -2.12. The first-order valence-corrected chi connectivity index (χ1v) is 8.00. The van der Waals surface area contributed by atoms with Crippen LogP contribution in [-0.4, -0.2) is 38.1 Å². The Bertz CT molecular complexity index is 527. The third-order valence-corrected chi connectivity index (χ3v) is 3.81. The first-order valence-electron chi connectivity index (χ1n) is 8.00. The molecule has 23 heavy (non-hydrogen) atoms. The molecule has 126 valence electrons. The molecule has 1 saturated carbocycles. The van der Waals surface area contributed by atoms with Crippen molar-refractivity contribution in [2.45, 2.75) is 38.1 Å². The molecule has 6 nitrogen and oxygen atoms in total. The molecular weight excluding hydrogens is 296 g/mol. The van der Waals surface area contributed by atoms with E-state index in [1.54, 1.807) is 31.4 Å². The minimum atomic E-state index is -0.249. The number of hydrogen-bond donors (Lipinski definition) is 2. The van der Waals surface area contributed by atoms with E-state index >= 15 is 0 Å². The molecule has 1 aliphatic carbocycles. The highest BCUT2D eigenvalue weighted by molar-refractivity contribution is 5.79. The first-order chi connectivity index (χ1) is 11.2. The zero-order chi connectivity index (χ0) is 16.5. The molecule has 1 aromatic rings. The van der Waals surface area contributed by atoms with E-state index in [0.29, 0.717) is 30.5 Å². The predicted octanol–water partition coefficient (Wildman–Crippen LogP) is 1.64. The van der Waals surface area contributed by atoms with Crippen LogP contribution in [0, 0.1) is 0 Å². The lowest BCUT2D eigenvalue weighted by atomic mass is 10.2. The number of ether oxygens (including phenoxy) is 2. The monoisotopic (exact) mass is 320 g/mol. The molecule has 0 heterocycles. The zero-order valence-electron chi connectivity index (χ0n) is 13.5. The molecule has 0 radical (unpaired) electrons. The van der Waals surface area contributed by atoms with E-state index in [0.717, 1.165) is 12.8 Å². The number of benzene rings is 1. The van der Waals surface area contributed by atoms with Gasteiger partial charge in [-0.3, -0.25) is 9.59 Å². The van der Waals surface area contributed by atoms with Gasteiger partial charge in [-0.25, -0.2) is 0 Å². The largest absolute Gasteiger partial charge is 0.497 e. The Morgan fingerprint density at radius 2 is 1.91 bits per heavy atom. The Kier molecular flexibility index (Phi) is 6.72. The number of methoxy groups -OCH3 is 1. The summed E-state index contributed by atoms with van der Waals surface area (Å²) in [6, 6.07) is 7.37. The maximum atomic E-state index is 11.7. The van der Waals surface area contributed by atoms with E-state index in [4.69, 9.17) is 9.47 Å². The Labute approximate surface area is 136 Å². The Balaban J connectivity index is 1.60. The fourth-order valence-electron chi connectivity index (χ4n) is 2.58. The van der Waals surface area contributed by atoms with Crippen molar-refractivity contribution in [2.75, 3.05) is 20.3 Å². The summed E-state index contributed by atoms with van der Waals surface area (Å²) in [5, 5.41) is 5.67. The Morgan fingerprint density at radius 1 is 1.17 bits per heavy atom. The zero-order valence-corrected chi connectivity index (χ0v) is 13.5. The number of hydrogen-bond acceptors (Lipinski definition) is 4. The average molecular weight is 320 g/mol. The Morgan fingerprint density at radius 3 is 2.65 bits per heavy atom. The molecule has 0 saturated heterocycles. The van der Waals surface area contributed by atoms with Crippen molar-refractivity contribution in [2.24, 2.45) is 0 Å². The molecule has 0 unspecified atom stereocenters. The SMILES string of the molecule is COc1cccc(OCC(=O)NCCC(=O)NC2CCCC2)c1. The third kappa shape index (κ3) is 6.18. The highest BCUT2D eigenvalue weighted by Gasteiger charge is 2.16. The van der Waals surface area contributed by atoms with Gasteiger partial charge in [0, 0.05) is 25.1 Å². The van der Waals surface area contributed by atoms with Crippen LogP contribution in [0.25, 0.3) is 0 Å². The molecule has 0 spiro atoms. The smallest absolute Gasteiger partial charge is 0.257 e. The van der Waals surface area contributed by atoms with E-state index in [1.165, 1.54) is 12.8 Å². The second-order valence-electron chi connectivity index (χ2n) is 5.62. The molecule has 0 bridgehead atoms. The fraction of sp³-hybridized carbons (Fsp3) is 0.529. The summed E-state index contributed by atoms with van der Waals surface area (Å²) in [6.07, 6.45) is 4.78. The van der Waals surface area contributed by atoms with Crippen LogP contribution in [0.2, 0.25) is 0 Å². The molecule has 2 rings (SSSR count). The second kappa shape index (κ2) is 9.02. The van der Waals surface area contributed by atoms with Gasteiger partial charge in [0.2, 0.25) is 5.91 Å². The quantitative estimate of drug-likeness (QED) is 0.763. The first kappa shape index (κ1) is 17.1. The van der Waals surface area contributed by atoms with E-state index < -0.39 is 0 Å². The van der Waals surface area contributed by atoms with Crippen LogP contribution in [0.3, 0.4) is 0 Å². The number of rotatable bonds is 8. The van der Waals surface area contributed by atoms with Crippen LogP contribution in [0.15, 0.2) is 24.3 Å². The number of carbonyl (C=O) groups is 2. The molecule has 1 aromatic carbocycles. The minimum absolute atomic E-state index is 0.00841. The summed E-state index contributed by atoms with van der Waals surface area (Å²) in [7, 11) is 1.57. The van der Waals surface area contributed by atoms with Gasteiger partial charge in [-0.1, -0.05) is 18.9 Å². The van der Waals surface area contributed by atoms with Crippen LogP contribution in [-0.2, 0) is 9.59 Å². The molecule has 1 aliphatic rings. The molecule has 0 atom stereocenters. The normalized spacial score (nSPS) is 14.3. The van der Waals surface area contributed by atoms with Crippen molar-refractivity contribution in [3.8, 4) is 11.5 Å². The van der Waals surface area contributed by atoms with Crippen LogP contribution in [0.1, 0.15) is 32.1 Å². The van der Waals surface area contributed by atoms with Gasteiger partial charge < -0.3 is 20.1 Å². The number of carbonyl (C=O) groups excluding carboxylic acids is 2. The predicted molar refractivity (Wildman–Crippen MR) is 86.5 cm³/mol. The van der Waals surface area contributed by atoms with Gasteiger partial charge in [0.05, 0.1) is 7.11 Å². The van der Waals surface area contributed by atoms with Crippen LogP contribution in [0.5, 0.6) is 11.5 Å². The van der Waals surface area contributed by atoms with Crippen molar-refractivity contribution in [3.63, 3.8) is 0 Å². The maximum Gasteiger partial charge on any atom is 0.257 e. The summed E-state index contributed by atoms with van der Waals surface area (Å²) in [5.74, 6) is 0.984. The maximum absolute atomic E-state index is 11.7. The molecule has 6 heteroatoms. The highest BCUT2D eigenvalue weighted by atomic mass is 16.5. The minimum Gasteiger partial charge on any atom is -0.497 e. The molecule has 2 N–H and O–H groups in total. The van der Waals surface area contributed by atoms with Gasteiger partial charge in [0.25, 0.3) is 5.91 Å². The van der Waals surface area contributed by atoms with Gasteiger partial charge in [0.1, 0.15) is 11.5 Å². The molecule has 0 aromatic heterocycles. The highest BCUT2D eigenvalue weighted by Crippen LogP contribution is 2.18. The standard InChI is InChI=1S/C17H24N2O4/c1-22-14-7-4-8-15(11-14)23-12-17(21)18-10-9-16(20)19-13-5-2-3-6-13/h4,7-8,11,13H,2-3,5-6,9-10,12H2,1H3,(H,18,21)(H,19,20). The Hall–Kier alpha value is -2.24. The van der Waals surface area contributed by atoms with E-state index in [-0.39, 0.29) is 18.4 Å². The molecule has 1 fully saturated rings. The van der Waals surface area contributed by atoms with Crippen molar-refractivity contribution in [3.05, 3.63) is 24.3 Å². The summed E-state index contributed by atoms with van der Waals surface area (Å²) >= 11 is 0. The third-order valence-electron chi connectivity index (χ3n) is 3.81. The van der Waals surface area contributed by atoms with Crippen molar-refractivity contribution >= 4 is 11.8 Å². The lowest BCUT2D eigenvalue weighted by Crippen LogP contribution is -2.36. The van der Waals surface area contributed by atoms with Gasteiger partial charge >= 0.3 is 0 Å². The average Bonchev–Trinajstić information content (AvgIpc) is 3.06. The van der Waals surface area contributed by atoms with Crippen LogP contribution >= 0.6 is 0 Å². The van der Waals surface area contributed by atoms with Gasteiger partial charge in [-0.05, 0) is 25.0 Å². The molecular formula is C17H24N2O4. The summed E-state index contributed by atoms with van der Waals surface area (Å²) in [5.41, 5.74) is 0. The van der Waals surface area contributed by atoms with Crippen molar-refractivity contribution < 1.29 is 19.1 Å². The summed E-state index contributed by atoms with van der Waals surface area (Å²) in [6.45, 7) is 0.232. The van der Waals surface area contributed by atoms with Crippen LogP contribution in [0.4, 0.5) is 0 Å². The number of nitrogens with one attached hydrogen (secondary N) is 2. The second-order valence-corrected chi connectivity index (χ2v) is 5.62. The molecule has 2 amide bonds. The van der Waals surface area contributed by atoms with E-state index in [1.807, 2.05) is 0 Å². The van der Waals surface area contributed by atoms with E-state index in [2.05, 4.69) is 10.6 Å². The van der Waals surface area contributed by atoms with Gasteiger partial charge in [-0.2, -0.15) is 0 Å². The van der Waals surface area contributed by atoms with E-state index in [9.17, 15) is 9.59 Å². The van der Waals surface area contributed by atoms with Crippen LogP contribution < -0.4 is 20.1 Å². The lowest BCUT2D eigenvalue weighted by molar-refractivity contribution is -0.123. The van der Waals surface area contributed by atoms with Gasteiger partial charge in [0.15, 0.2) is 6.61 Å². The van der Waals surface area contributed by atoms with Gasteiger partial charge in [-0.15, -0.1) is 0 Å². The topological polar surface area (TPSA) is 76.7 Å². The fourth-order valence-corrected chi connectivity index (χ4v) is 2.58.